The molecule has 1 aliphatic rings. The number of nitrogens with one attached hydrogen (secondary N) is 1. The van der Waals surface area contributed by atoms with E-state index in [1.165, 1.54) is 6.42 Å². The van der Waals surface area contributed by atoms with Crippen molar-refractivity contribution in [2.24, 2.45) is 11.8 Å². The van der Waals surface area contributed by atoms with Crippen molar-refractivity contribution < 1.29 is 17.6 Å². The monoisotopic (exact) mass is 446 g/mol. The second-order valence-electron chi connectivity index (χ2n) is 9.04. The molecule has 1 N–H and O–H groups in total. The molecule has 0 unspecified atom stereocenters. The average Bonchev–Trinajstić information content (AvgIpc) is 3.14. The molecule has 1 aromatic heterocycles. The van der Waals surface area contributed by atoms with Crippen LogP contribution in [0.1, 0.15) is 54.1 Å². The van der Waals surface area contributed by atoms with Gasteiger partial charge in [0, 0.05) is 19.6 Å². The lowest BCUT2D eigenvalue weighted by molar-refractivity contribution is 0.0918. The summed E-state index contributed by atoms with van der Waals surface area (Å²) in [7, 11) is -3.40. The zero-order valence-corrected chi connectivity index (χ0v) is 19.6. The molecule has 170 valence electrons. The van der Waals surface area contributed by atoms with Crippen molar-refractivity contribution in [1.82, 2.24) is 10.2 Å². The Morgan fingerprint density at radius 2 is 1.81 bits per heavy atom. The quantitative estimate of drug-likeness (QED) is 0.593. The van der Waals surface area contributed by atoms with Gasteiger partial charge in [0.15, 0.2) is 15.6 Å². The van der Waals surface area contributed by atoms with Crippen LogP contribution in [0.3, 0.4) is 0 Å². The Hall–Kier alpha value is -2.12. The zero-order chi connectivity index (χ0) is 22.4. The molecule has 3 rings (SSSR count). The molecule has 1 aromatic carbocycles. The van der Waals surface area contributed by atoms with E-state index < -0.39 is 9.84 Å². The number of sulfone groups is 1. The lowest BCUT2D eigenvalue weighted by Crippen LogP contribution is -2.40. The minimum Gasteiger partial charge on any atom is -0.455 e. The molecule has 1 aliphatic heterocycles. The molecular weight excluding hydrogens is 412 g/mol. The zero-order valence-electron chi connectivity index (χ0n) is 18.8. The van der Waals surface area contributed by atoms with E-state index >= 15 is 0 Å². The maximum absolute atomic E-state index is 12.5. The number of carbonyl (C=O) groups is 1. The first-order valence-corrected chi connectivity index (χ1v) is 12.9. The number of hydrogen-bond acceptors (Lipinski definition) is 5. The summed E-state index contributed by atoms with van der Waals surface area (Å²) in [5.74, 6) is 1.32. The van der Waals surface area contributed by atoms with Crippen molar-refractivity contribution in [3.8, 4) is 0 Å². The highest BCUT2D eigenvalue weighted by Gasteiger charge is 2.21. The fraction of sp³-hybridized carbons (Fsp3) is 0.542. The smallest absolute Gasteiger partial charge is 0.286 e. The largest absolute Gasteiger partial charge is 0.455 e. The lowest BCUT2D eigenvalue weighted by Gasteiger charge is -2.34. The van der Waals surface area contributed by atoms with Crippen LogP contribution in [0.15, 0.2) is 40.8 Å². The van der Waals surface area contributed by atoms with E-state index in [-0.39, 0.29) is 28.9 Å². The Balaban J connectivity index is 1.45. The lowest BCUT2D eigenvalue weighted by atomic mass is 9.92. The summed E-state index contributed by atoms with van der Waals surface area (Å²) >= 11 is 0. The Morgan fingerprint density at radius 3 is 2.52 bits per heavy atom. The number of amides is 1. The molecule has 6 nitrogen and oxygen atoms in total. The van der Waals surface area contributed by atoms with Crippen LogP contribution in [0.25, 0.3) is 0 Å². The predicted octanol–water partition coefficient (Wildman–Crippen LogP) is 3.80. The van der Waals surface area contributed by atoms with E-state index in [9.17, 15) is 13.2 Å². The number of hydrogen-bond donors (Lipinski definition) is 1. The molecular formula is C24H34N2O4S. The number of carbonyl (C=O) groups excluding carboxylic acids is 1. The van der Waals surface area contributed by atoms with E-state index in [1.807, 2.05) is 31.2 Å². The molecule has 1 amide bonds. The van der Waals surface area contributed by atoms with Crippen LogP contribution in [0.2, 0.25) is 0 Å². The Morgan fingerprint density at radius 1 is 1.10 bits per heavy atom. The van der Waals surface area contributed by atoms with Crippen LogP contribution in [-0.4, -0.2) is 45.4 Å². The van der Waals surface area contributed by atoms with Crippen LogP contribution in [0, 0.1) is 18.8 Å². The minimum absolute atomic E-state index is 0.0460. The summed E-state index contributed by atoms with van der Waals surface area (Å²) in [6, 6.07) is 10.5. The third-order valence-electron chi connectivity index (χ3n) is 5.77. The first-order valence-electron chi connectivity index (χ1n) is 11.1. The van der Waals surface area contributed by atoms with Crippen molar-refractivity contribution in [2.45, 2.75) is 45.1 Å². The van der Waals surface area contributed by atoms with Gasteiger partial charge in [-0.1, -0.05) is 38.1 Å². The van der Waals surface area contributed by atoms with Crippen LogP contribution >= 0.6 is 0 Å². The summed E-state index contributed by atoms with van der Waals surface area (Å²) < 4.78 is 30.6. The molecule has 0 aliphatic carbocycles. The highest BCUT2D eigenvalue weighted by molar-refractivity contribution is 7.89. The van der Waals surface area contributed by atoms with Crippen molar-refractivity contribution in [3.63, 3.8) is 0 Å². The van der Waals surface area contributed by atoms with Crippen LogP contribution in [-0.2, 0) is 21.3 Å². The van der Waals surface area contributed by atoms with Gasteiger partial charge in [-0.2, -0.15) is 0 Å². The molecule has 7 heteroatoms. The van der Waals surface area contributed by atoms with Gasteiger partial charge in [0.25, 0.3) is 5.91 Å². The fourth-order valence-corrected chi connectivity index (χ4v) is 5.91. The van der Waals surface area contributed by atoms with Gasteiger partial charge in [-0.25, -0.2) is 8.42 Å². The van der Waals surface area contributed by atoms with E-state index in [1.54, 1.807) is 12.1 Å². The van der Waals surface area contributed by atoms with Crippen molar-refractivity contribution in [3.05, 3.63) is 59.0 Å². The minimum atomic E-state index is -3.40. The maximum atomic E-state index is 12.5. The summed E-state index contributed by atoms with van der Waals surface area (Å²) in [4.78, 5) is 14.8. The summed E-state index contributed by atoms with van der Waals surface area (Å²) in [6.45, 7) is 10.3. The first kappa shape index (κ1) is 23.5. The summed E-state index contributed by atoms with van der Waals surface area (Å²) in [5, 5.41) is 2.88. The molecule has 0 spiro atoms. The maximum Gasteiger partial charge on any atom is 0.286 e. The van der Waals surface area contributed by atoms with Gasteiger partial charge in [0.05, 0.1) is 5.75 Å². The Bertz CT molecular complexity index is 973. The average molecular weight is 447 g/mol. The molecule has 31 heavy (non-hydrogen) atoms. The molecule has 1 saturated heterocycles. The molecule has 2 atom stereocenters. The third kappa shape index (κ3) is 7.21. The van der Waals surface area contributed by atoms with E-state index in [0.717, 1.165) is 49.0 Å². The topological polar surface area (TPSA) is 79.6 Å². The predicted molar refractivity (Wildman–Crippen MR) is 123 cm³/mol. The number of piperidine rings is 1. The van der Waals surface area contributed by atoms with Crippen LogP contribution < -0.4 is 5.32 Å². The SMILES string of the molecule is Cc1ccccc1CS(=O)(=O)Cc1ccc(C(=O)NCCCN2C[C@H](C)C[C@H](C)C2)o1. The number of aryl methyl sites for hydroxylation is 1. The Kier molecular flexibility index (Phi) is 7.94. The molecule has 2 heterocycles. The van der Waals surface area contributed by atoms with Gasteiger partial charge in [-0.3, -0.25) is 4.79 Å². The van der Waals surface area contributed by atoms with Crippen molar-refractivity contribution >= 4 is 15.7 Å². The fourth-order valence-electron chi connectivity index (χ4n) is 4.42. The van der Waals surface area contributed by atoms with Gasteiger partial charge in [-0.15, -0.1) is 0 Å². The molecule has 1 fully saturated rings. The Labute approximate surface area is 185 Å². The highest BCUT2D eigenvalue weighted by atomic mass is 32.2. The van der Waals surface area contributed by atoms with Gasteiger partial charge in [0.2, 0.25) is 0 Å². The number of benzene rings is 1. The molecule has 0 saturated carbocycles. The summed E-state index contributed by atoms with van der Waals surface area (Å²) in [6.07, 6.45) is 2.16. The van der Waals surface area contributed by atoms with E-state index in [0.29, 0.717) is 6.54 Å². The second-order valence-corrected chi connectivity index (χ2v) is 11.1. The molecule has 0 bridgehead atoms. The number of furan rings is 1. The van der Waals surface area contributed by atoms with Crippen molar-refractivity contribution in [2.75, 3.05) is 26.2 Å². The highest BCUT2D eigenvalue weighted by Crippen LogP contribution is 2.21. The molecule has 2 aromatic rings. The second kappa shape index (κ2) is 10.5. The van der Waals surface area contributed by atoms with E-state index in [2.05, 4.69) is 24.1 Å². The van der Waals surface area contributed by atoms with Gasteiger partial charge in [-0.05, 0) is 61.4 Å². The number of likely N-dealkylation sites (tertiary alicyclic amines) is 1. The van der Waals surface area contributed by atoms with Crippen LogP contribution in [0.4, 0.5) is 0 Å². The van der Waals surface area contributed by atoms with Gasteiger partial charge in [0.1, 0.15) is 11.5 Å². The van der Waals surface area contributed by atoms with E-state index in [4.69, 9.17) is 4.42 Å². The van der Waals surface area contributed by atoms with Gasteiger partial charge < -0.3 is 14.6 Å². The standard InChI is InChI=1S/C24H34N2O4S/c1-18-13-19(2)15-26(14-18)12-6-11-25-24(27)23-10-9-22(30-23)17-31(28,29)16-21-8-5-4-7-20(21)3/h4-5,7-10,18-19H,6,11-17H2,1-3H3,(H,25,27)/t18-,19+. The number of rotatable bonds is 9. The first-order chi connectivity index (χ1) is 14.7. The van der Waals surface area contributed by atoms with Crippen molar-refractivity contribution in [1.29, 1.82) is 0 Å². The van der Waals surface area contributed by atoms with Crippen LogP contribution in [0.5, 0.6) is 0 Å². The summed E-state index contributed by atoms with van der Waals surface area (Å²) in [5.41, 5.74) is 1.73. The normalized spacial score (nSPS) is 20.0. The third-order valence-corrected chi connectivity index (χ3v) is 7.24. The number of nitrogens with zero attached hydrogens (tertiary/aromatic N) is 1. The molecule has 0 radical (unpaired) electrons. The van der Waals surface area contributed by atoms with Gasteiger partial charge >= 0.3 is 0 Å².